The van der Waals surface area contributed by atoms with Crippen molar-refractivity contribution in [3.05, 3.63) is 35.9 Å². The minimum absolute atomic E-state index is 0.728. The monoisotopic (exact) mass is 217 g/mol. The molecule has 2 atom stereocenters. The van der Waals surface area contributed by atoms with Crippen LogP contribution in [0.15, 0.2) is 30.3 Å². The van der Waals surface area contributed by atoms with E-state index >= 15 is 0 Å². The molecule has 1 nitrogen and oxygen atoms in total. The highest BCUT2D eigenvalue weighted by Crippen LogP contribution is 2.32. The van der Waals surface area contributed by atoms with Gasteiger partial charge in [-0.3, -0.25) is 0 Å². The van der Waals surface area contributed by atoms with Crippen molar-refractivity contribution in [2.75, 3.05) is 13.1 Å². The summed E-state index contributed by atoms with van der Waals surface area (Å²) in [6.07, 6.45) is 2.70. The molecule has 1 aromatic carbocycles. The lowest BCUT2D eigenvalue weighted by Gasteiger charge is -2.24. The normalized spacial score (nSPS) is 22.6. The molecule has 1 saturated heterocycles. The lowest BCUT2D eigenvalue weighted by molar-refractivity contribution is 0.390. The zero-order valence-electron chi connectivity index (χ0n) is 10.4. The first-order valence-electron chi connectivity index (χ1n) is 6.53. The molecule has 1 fully saturated rings. The molecule has 0 amide bonds. The fourth-order valence-corrected chi connectivity index (χ4v) is 2.77. The summed E-state index contributed by atoms with van der Waals surface area (Å²) in [6.45, 7) is 7.13. The second-order valence-electron chi connectivity index (χ2n) is 5.36. The largest absolute Gasteiger partial charge is 0.316 e. The van der Waals surface area contributed by atoms with Crippen molar-refractivity contribution in [3.63, 3.8) is 0 Å². The van der Waals surface area contributed by atoms with E-state index < -0.39 is 0 Å². The third kappa shape index (κ3) is 2.85. The molecule has 0 bridgehead atoms. The maximum absolute atomic E-state index is 3.47. The van der Waals surface area contributed by atoms with E-state index in [0.717, 1.165) is 17.8 Å². The molecule has 1 N–H and O–H groups in total. The Labute approximate surface area is 99.3 Å². The van der Waals surface area contributed by atoms with Crippen LogP contribution in [0.2, 0.25) is 0 Å². The summed E-state index contributed by atoms with van der Waals surface area (Å²) in [5.41, 5.74) is 1.52. The molecule has 16 heavy (non-hydrogen) atoms. The number of rotatable bonds is 4. The van der Waals surface area contributed by atoms with Crippen LogP contribution in [0.4, 0.5) is 0 Å². The Kier molecular flexibility index (Phi) is 4.00. The molecule has 1 heterocycles. The predicted molar refractivity (Wildman–Crippen MR) is 69.6 cm³/mol. The second kappa shape index (κ2) is 5.49. The van der Waals surface area contributed by atoms with Crippen LogP contribution in [0.1, 0.15) is 38.2 Å². The van der Waals surface area contributed by atoms with Crippen LogP contribution in [0.25, 0.3) is 0 Å². The molecule has 88 valence electrons. The first kappa shape index (κ1) is 11.7. The SMILES string of the molecule is CC(C)C(CC1CCNC1)c1ccccc1. The van der Waals surface area contributed by atoms with Gasteiger partial charge in [0.15, 0.2) is 0 Å². The first-order valence-corrected chi connectivity index (χ1v) is 6.53. The fraction of sp³-hybridized carbons (Fsp3) is 0.600. The van der Waals surface area contributed by atoms with E-state index in [1.165, 1.54) is 31.5 Å². The van der Waals surface area contributed by atoms with Crippen LogP contribution in [0.5, 0.6) is 0 Å². The van der Waals surface area contributed by atoms with Crippen LogP contribution < -0.4 is 5.32 Å². The van der Waals surface area contributed by atoms with Gasteiger partial charge < -0.3 is 5.32 Å². The van der Waals surface area contributed by atoms with E-state index in [1.807, 2.05) is 0 Å². The van der Waals surface area contributed by atoms with Gasteiger partial charge in [-0.1, -0.05) is 44.2 Å². The number of hydrogen-bond donors (Lipinski definition) is 1. The maximum Gasteiger partial charge on any atom is -0.00198 e. The summed E-state index contributed by atoms with van der Waals surface area (Å²) in [6, 6.07) is 11.0. The minimum atomic E-state index is 0.728. The maximum atomic E-state index is 3.47. The molecule has 0 radical (unpaired) electrons. The number of nitrogens with one attached hydrogen (secondary N) is 1. The van der Waals surface area contributed by atoms with Gasteiger partial charge in [0.2, 0.25) is 0 Å². The highest BCUT2D eigenvalue weighted by atomic mass is 14.9. The third-order valence-corrected chi connectivity index (χ3v) is 3.78. The van der Waals surface area contributed by atoms with Crippen LogP contribution in [-0.2, 0) is 0 Å². The summed E-state index contributed by atoms with van der Waals surface area (Å²) >= 11 is 0. The Morgan fingerprint density at radius 1 is 1.25 bits per heavy atom. The smallest absolute Gasteiger partial charge is 0.00198 e. The Hall–Kier alpha value is -0.820. The average molecular weight is 217 g/mol. The Bertz CT molecular complexity index is 298. The summed E-state index contributed by atoms with van der Waals surface area (Å²) in [7, 11) is 0. The average Bonchev–Trinajstić information content (AvgIpc) is 2.79. The molecule has 1 aromatic rings. The van der Waals surface area contributed by atoms with E-state index in [2.05, 4.69) is 49.5 Å². The van der Waals surface area contributed by atoms with Gasteiger partial charge in [0.1, 0.15) is 0 Å². The van der Waals surface area contributed by atoms with Gasteiger partial charge in [-0.15, -0.1) is 0 Å². The van der Waals surface area contributed by atoms with Gasteiger partial charge in [-0.2, -0.15) is 0 Å². The van der Waals surface area contributed by atoms with Crippen LogP contribution in [0, 0.1) is 11.8 Å². The highest BCUT2D eigenvalue weighted by Gasteiger charge is 2.22. The summed E-state index contributed by atoms with van der Waals surface area (Å²) in [5.74, 6) is 2.35. The zero-order chi connectivity index (χ0) is 11.4. The summed E-state index contributed by atoms with van der Waals surface area (Å²) in [4.78, 5) is 0. The Balaban J connectivity index is 2.05. The fourth-order valence-electron chi connectivity index (χ4n) is 2.77. The molecule has 0 aromatic heterocycles. The summed E-state index contributed by atoms with van der Waals surface area (Å²) in [5, 5.41) is 3.47. The summed E-state index contributed by atoms with van der Waals surface area (Å²) < 4.78 is 0. The lowest BCUT2D eigenvalue weighted by Crippen LogP contribution is -2.15. The molecule has 0 aliphatic carbocycles. The molecule has 2 unspecified atom stereocenters. The first-order chi connectivity index (χ1) is 7.77. The van der Waals surface area contributed by atoms with Crippen LogP contribution in [-0.4, -0.2) is 13.1 Å². The molecular weight excluding hydrogens is 194 g/mol. The van der Waals surface area contributed by atoms with E-state index in [1.54, 1.807) is 0 Å². The van der Waals surface area contributed by atoms with Crippen molar-refractivity contribution < 1.29 is 0 Å². The van der Waals surface area contributed by atoms with Gasteiger partial charge in [0, 0.05) is 0 Å². The van der Waals surface area contributed by atoms with Crippen molar-refractivity contribution >= 4 is 0 Å². The molecule has 2 rings (SSSR count). The van der Waals surface area contributed by atoms with E-state index in [0.29, 0.717) is 0 Å². The molecule has 1 heteroatoms. The van der Waals surface area contributed by atoms with Gasteiger partial charge in [0.25, 0.3) is 0 Å². The number of hydrogen-bond acceptors (Lipinski definition) is 1. The third-order valence-electron chi connectivity index (χ3n) is 3.78. The predicted octanol–water partition coefficient (Wildman–Crippen LogP) is 3.43. The molecular formula is C15H23N. The molecule has 0 spiro atoms. The van der Waals surface area contributed by atoms with Gasteiger partial charge in [0.05, 0.1) is 0 Å². The van der Waals surface area contributed by atoms with Crippen LogP contribution in [0.3, 0.4) is 0 Å². The standard InChI is InChI=1S/C15H23N/c1-12(2)15(10-13-8-9-16-11-13)14-6-4-3-5-7-14/h3-7,12-13,15-16H,8-11H2,1-2H3. The second-order valence-corrected chi connectivity index (χ2v) is 5.36. The van der Waals surface area contributed by atoms with Gasteiger partial charge in [-0.25, -0.2) is 0 Å². The van der Waals surface area contributed by atoms with E-state index in [-0.39, 0.29) is 0 Å². The van der Waals surface area contributed by atoms with Gasteiger partial charge in [-0.05, 0) is 49.2 Å². The van der Waals surface area contributed by atoms with Crippen molar-refractivity contribution in [3.8, 4) is 0 Å². The Morgan fingerprint density at radius 3 is 2.56 bits per heavy atom. The highest BCUT2D eigenvalue weighted by molar-refractivity contribution is 5.20. The van der Waals surface area contributed by atoms with Crippen LogP contribution >= 0.6 is 0 Å². The van der Waals surface area contributed by atoms with E-state index in [4.69, 9.17) is 0 Å². The van der Waals surface area contributed by atoms with Crippen molar-refractivity contribution in [1.29, 1.82) is 0 Å². The lowest BCUT2D eigenvalue weighted by atomic mass is 9.81. The molecule has 0 saturated carbocycles. The van der Waals surface area contributed by atoms with Crippen molar-refractivity contribution in [2.45, 2.75) is 32.6 Å². The van der Waals surface area contributed by atoms with Gasteiger partial charge >= 0.3 is 0 Å². The van der Waals surface area contributed by atoms with Crippen molar-refractivity contribution in [1.82, 2.24) is 5.32 Å². The molecule has 1 aliphatic rings. The minimum Gasteiger partial charge on any atom is -0.316 e. The topological polar surface area (TPSA) is 12.0 Å². The Morgan fingerprint density at radius 2 is 2.00 bits per heavy atom. The quantitative estimate of drug-likeness (QED) is 0.815. The van der Waals surface area contributed by atoms with Crippen molar-refractivity contribution in [2.24, 2.45) is 11.8 Å². The number of benzene rings is 1. The van der Waals surface area contributed by atoms with E-state index in [9.17, 15) is 0 Å². The molecule has 1 aliphatic heterocycles. The zero-order valence-corrected chi connectivity index (χ0v) is 10.4.